The molecule has 2 aromatic heterocycles. The smallest absolute Gasteiger partial charge is 0.159 e. The maximum absolute atomic E-state index is 5.62. The predicted octanol–water partition coefficient (Wildman–Crippen LogP) is 1.40. The van der Waals surface area contributed by atoms with Crippen molar-refractivity contribution in [3.63, 3.8) is 0 Å². The standard InChI is InChI=1S/C11H9N5/c12-10-5-11(14-7-13-10)16-9-4-2-1-3-8(9)6-15-16/h1-7H,(H2,12,13,14). The average molecular weight is 211 g/mol. The highest BCUT2D eigenvalue weighted by Gasteiger charge is 2.05. The van der Waals surface area contributed by atoms with E-state index < -0.39 is 0 Å². The Labute approximate surface area is 91.6 Å². The van der Waals surface area contributed by atoms with Gasteiger partial charge in [0.25, 0.3) is 0 Å². The minimum atomic E-state index is 0.435. The van der Waals surface area contributed by atoms with Crippen molar-refractivity contribution < 1.29 is 0 Å². The van der Waals surface area contributed by atoms with Gasteiger partial charge in [0, 0.05) is 11.5 Å². The minimum absolute atomic E-state index is 0.435. The number of anilines is 1. The Hall–Kier alpha value is -2.43. The van der Waals surface area contributed by atoms with Crippen LogP contribution in [0.4, 0.5) is 5.82 Å². The Morgan fingerprint density at radius 1 is 1.12 bits per heavy atom. The Kier molecular flexibility index (Phi) is 1.83. The van der Waals surface area contributed by atoms with Crippen LogP contribution in [0.15, 0.2) is 42.9 Å². The molecule has 0 saturated heterocycles. The number of para-hydroxylation sites is 1. The second-order valence-corrected chi connectivity index (χ2v) is 3.42. The Bertz CT molecular complexity index is 643. The fourth-order valence-electron chi connectivity index (χ4n) is 1.63. The van der Waals surface area contributed by atoms with Crippen molar-refractivity contribution in [2.45, 2.75) is 0 Å². The van der Waals surface area contributed by atoms with E-state index in [0.717, 1.165) is 10.9 Å². The normalized spacial score (nSPS) is 10.8. The highest BCUT2D eigenvalue weighted by molar-refractivity contribution is 5.79. The third kappa shape index (κ3) is 1.30. The molecule has 0 aliphatic heterocycles. The van der Waals surface area contributed by atoms with Crippen LogP contribution in [0.2, 0.25) is 0 Å². The monoisotopic (exact) mass is 211 g/mol. The molecule has 2 N–H and O–H groups in total. The Morgan fingerprint density at radius 2 is 2.00 bits per heavy atom. The topological polar surface area (TPSA) is 69.6 Å². The lowest BCUT2D eigenvalue weighted by atomic mass is 10.2. The van der Waals surface area contributed by atoms with Crippen molar-refractivity contribution >= 4 is 16.7 Å². The SMILES string of the molecule is Nc1cc(-n2ncc3ccccc32)ncn1. The first kappa shape index (κ1) is 8.84. The number of nitrogen functional groups attached to an aromatic ring is 1. The van der Waals surface area contributed by atoms with Gasteiger partial charge in [0.15, 0.2) is 5.82 Å². The molecule has 5 heteroatoms. The van der Waals surface area contributed by atoms with Gasteiger partial charge in [-0.25, -0.2) is 14.6 Å². The first-order chi connectivity index (χ1) is 7.84. The summed E-state index contributed by atoms with van der Waals surface area (Å²) in [4.78, 5) is 8.00. The van der Waals surface area contributed by atoms with Gasteiger partial charge < -0.3 is 5.73 Å². The average Bonchev–Trinajstić information content (AvgIpc) is 2.72. The van der Waals surface area contributed by atoms with Crippen LogP contribution in [0.1, 0.15) is 0 Å². The van der Waals surface area contributed by atoms with Crippen LogP contribution in [0.5, 0.6) is 0 Å². The summed E-state index contributed by atoms with van der Waals surface area (Å²) in [6.45, 7) is 0. The molecular weight excluding hydrogens is 202 g/mol. The molecule has 16 heavy (non-hydrogen) atoms. The van der Waals surface area contributed by atoms with Crippen molar-refractivity contribution in [2.24, 2.45) is 0 Å². The van der Waals surface area contributed by atoms with Gasteiger partial charge >= 0.3 is 0 Å². The van der Waals surface area contributed by atoms with Crippen molar-refractivity contribution in [1.29, 1.82) is 0 Å². The second-order valence-electron chi connectivity index (χ2n) is 3.42. The summed E-state index contributed by atoms with van der Waals surface area (Å²) in [6, 6.07) is 9.62. The number of hydrogen-bond acceptors (Lipinski definition) is 4. The highest BCUT2D eigenvalue weighted by Crippen LogP contribution is 2.16. The molecule has 1 aromatic carbocycles. The maximum Gasteiger partial charge on any atom is 0.159 e. The number of rotatable bonds is 1. The summed E-state index contributed by atoms with van der Waals surface area (Å²) < 4.78 is 1.74. The minimum Gasteiger partial charge on any atom is -0.384 e. The zero-order valence-corrected chi connectivity index (χ0v) is 8.41. The molecule has 0 bridgehead atoms. The van der Waals surface area contributed by atoms with Crippen LogP contribution in [-0.4, -0.2) is 19.7 Å². The van der Waals surface area contributed by atoms with Gasteiger partial charge in [-0.15, -0.1) is 0 Å². The van der Waals surface area contributed by atoms with E-state index in [1.807, 2.05) is 24.3 Å². The van der Waals surface area contributed by atoms with E-state index in [4.69, 9.17) is 5.73 Å². The molecular formula is C11H9N5. The summed E-state index contributed by atoms with van der Waals surface area (Å²) in [5.41, 5.74) is 6.62. The van der Waals surface area contributed by atoms with E-state index in [1.54, 1.807) is 16.9 Å². The number of nitrogens with two attached hydrogens (primary N) is 1. The number of benzene rings is 1. The zero-order valence-electron chi connectivity index (χ0n) is 8.41. The van der Waals surface area contributed by atoms with E-state index >= 15 is 0 Å². The molecule has 0 amide bonds. The fraction of sp³-hybridized carbons (Fsp3) is 0. The van der Waals surface area contributed by atoms with Gasteiger partial charge in [-0.3, -0.25) is 0 Å². The molecule has 3 aromatic rings. The number of hydrogen-bond donors (Lipinski definition) is 1. The van der Waals surface area contributed by atoms with E-state index in [9.17, 15) is 0 Å². The fourth-order valence-corrected chi connectivity index (χ4v) is 1.63. The van der Waals surface area contributed by atoms with E-state index in [1.165, 1.54) is 6.33 Å². The van der Waals surface area contributed by atoms with Crippen LogP contribution in [0.3, 0.4) is 0 Å². The quantitative estimate of drug-likeness (QED) is 0.660. The summed E-state index contributed by atoms with van der Waals surface area (Å²) in [5.74, 6) is 1.11. The van der Waals surface area contributed by atoms with Gasteiger partial charge in [0.05, 0.1) is 11.7 Å². The Morgan fingerprint density at radius 3 is 2.88 bits per heavy atom. The lowest BCUT2D eigenvalue weighted by molar-refractivity contribution is 0.867. The van der Waals surface area contributed by atoms with Crippen LogP contribution in [0, 0.1) is 0 Å². The van der Waals surface area contributed by atoms with Crippen LogP contribution in [0.25, 0.3) is 16.7 Å². The predicted molar refractivity (Wildman–Crippen MR) is 61.1 cm³/mol. The maximum atomic E-state index is 5.62. The third-order valence-electron chi connectivity index (χ3n) is 2.37. The molecule has 0 aliphatic carbocycles. The molecule has 2 heterocycles. The largest absolute Gasteiger partial charge is 0.384 e. The first-order valence-electron chi connectivity index (χ1n) is 4.85. The van der Waals surface area contributed by atoms with Crippen LogP contribution in [-0.2, 0) is 0 Å². The van der Waals surface area contributed by atoms with Crippen molar-refractivity contribution in [1.82, 2.24) is 19.7 Å². The third-order valence-corrected chi connectivity index (χ3v) is 2.37. The summed E-state index contributed by atoms with van der Waals surface area (Å²) in [6.07, 6.45) is 3.23. The van der Waals surface area contributed by atoms with Gasteiger partial charge in [0.2, 0.25) is 0 Å². The summed E-state index contributed by atoms with van der Waals surface area (Å²) >= 11 is 0. The molecule has 5 nitrogen and oxygen atoms in total. The molecule has 0 radical (unpaired) electrons. The van der Waals surface area contributed by atoms with E-state index in [2.05, 4.69) is 15.1 Å². The van der Waals surface area contributed by atoms with Crippen LogP contribution < -0.4 is 5.73 Å². The Balaban J connectivity index is 2.26. The summed E-state index contributed by atoms with van der Waals surface area (Å²) in [7, 11) is 0. The molecule has 3 rings (SSSR count). The second kappa shape index (κ2) is 3.30. The molecule has 0 spiro atoms. The zero-order chi connectivity index (χ0) is 11.0. The lowest BCUT2D eigenvalue weighted by Gasteiger charge is -2.02. The van der Waals surface area contributed by atoms with Crippen LogP contribution >= 0.6 is 0 Å². The summed E-state index contributed by atoms with van der Waals surface area (Å²) in [5, 5.41) is 5.35. The van der Waals surface area contributed by atoms with E-state index in [-0.39, 0.29) is 0 Å². The van der Waals surface area contributed by atoms with Gasteiger partial charge in [-0.2, -0.15) is 5.10 Å². The molecule has 0 saturated carbocycles. The first-order valence-corrected chi connectivity index (χ1v) is 4.85. The van der Waals surface area contributed by atoms with Gasteiger partial charge in [0.1, 0.15) is 12.1 Å². The number of nitrogens with zero attached hydrogens (tertiary/aromatic N) is 4. The van der Waals surface area contributed by atoms with Crippen molar-refractivity contribution in [2.75, 3.05) is 5.73 Å². The molecule has 0 atom stereocenters. The van der Waals surface area contributed by atoms with E-state index in [0.29, 0.717) is 11.6 Å². The molecule has 0 aliphatic rings. The molecule has 0 unspecified atom stereocenters. The van der Waals surface area contributed by atoms with Gasteiger partial charge in [-0.05, 0) is 6.07 Å². The number of aromatic nitrogens is 4. The lowest BCUT2D eigenvalue weighted by Crippen LogP contribution is -2.01. The molecule has 78 valence electrons. The van der Waals surface area contributed by atoms with Crippen molar-refractivity contribution in [3.05, 3.63) is 42.9 Å². The number of fused-ring (bicyclic) bond motifs is 1. The molecule has 0 fully saturated rings. The highest BCUT2D eigenvalue weighted by atomic mass is 15.3. The van der Waals surface area contributed by atoms with Crippen molar-refractivity contribution in [3.8, 4) is 5.82 Å². The van der Waals surface area contributed by atoms with Gasteiger partial charge in [-0.1, -0.05) is 18.2 Å².